The molecule has 1 aliphatic rings. The summed E-state index contributed by atoms with van der Waals surface area (Å²) in [7, 11) is -3.29. The average molecular weight is 262 g/mol. The molecular formula is C12H26N2O2S. The van der Waals surface area contributed by atoms with Crippen LogP contribution in [0.5, 0.6) is 0 Å². The molecule has 0 amide bonds. The lowest BCUT2D eigenvalue weighted by Crippen LogP contribution is -2.39. The molecule has 0 aromatic rings. The van der Waals surface area contributed by atoms with Crippen LogP contribution < -0.4 is 5.14 Å². The minimum Gasteiger partial charge on any atom is -0.303 e. The second-order valence-corrected chi connectivity index (χ2v) is 7.94. The molecule has 102 valence electrons. The quantitative estimate of drug-likeness (QED) is 0.833. The van der Waals surface area contributed by atoms with Crippen LogP contribution in [-0.4, -0.2) is 38.7 Å². The van der Waals surface area contributed by atoms with Gasteiger partial charge >= 0.3 is 0 Å². The van der Waals surface area contributed by atoms with Gasteiger partial charge in [0.15, 0.2) is 0 Å². The third-order valence-corrected chi connectivity index (χ3v) is 4.57. The number of nitrogens with two attached hydrogens (primary N) is 1. The number of nitrogens with zero attached hydrogens (tertiary/aromatic N) is 1. The van der Waals surface area contributed by atoms with Crippen molar-refractivity contribution in [3.8, 4) is 0 Å². The Kier molecular flexibility index (Phi) is 4.98. The Balaban J connectivity index is 2.24. The zero-order valence-corrected chi connectivity index (χ0v) is 12.1. The molecule has 0 aromatic heterocycles. The number of hydrogen-bond acceptors (Lipinski definition) is 3. The van der Waals surface area contributed by atoms with Crippen molar-refractivity contribution in [3.63, 3.8) is 0 Å². The summed E-state index contributed by atoms with van der Waals surface area (Å²) in [6, 6.07) is 0. The van der Waals surface area contributed by atoms with Crippen LogP contribution in [0.15, 0.2) is 0 Å². The SMILES string of the molecule is CC(C)(C)C1CCN(CCCS(N)(=O)=O)CC1. The maximum Gasteiger partial charge on any atom is 0.209 e. The van der Waals surface area contributed by atoms with E-state index >= 15 is 0 Å². The van der Waals surface area contributed by atoms with Crippen molar-refractivity contribution in [1.29, 1.82) is 0 Å². The van der Waals surface area contributed by atoms with Gasteiger partial charge in [0.2, 0.25) is 10.0 Å². The summed E-state index contributed by atoms with van der Waals surface area (Å²) in [4.78, 5) is 2.35. The normalized spacial score (nSPS) is 20.7. The summed E-state index contributed by atoms with van der Waals surface area (Å²) in [5.41, 5.74) is 0.396. The fraction of sp³-hybridized carbons (Fsp3) is 1.00. The van der Waals surface area contributed by atoms with Gasteiger partial charge in [0.1, 0.15) is 0 Å². The predicted octanol–water partition coefficient (Wildman–Crippen LogP) is 1.42. The Morgan fingerprint density at radius 1 is 1.24 bits per heavy atom. The second kappa shape index (κ2) is 5.67. The highest BCUT2D eigenvalue weighted by Gasteiger charge is 2.28. The number of piperidine rings is 1. The zero-order valence-electron chi connectivity index (χ0n) is 11.3. The molecule has 0 unspecified atom stereocenters. The standard InChI is InChI=1S/C12H26N2O2S/c1-12(2,3)11-5-8-14(9-6-11)7-4-10-17(13,15)16/h11H,4-10H2,1-3H3,(H2,13,15,16). The third kappa shape index (κ3) is 5.84. The van der Waals surface area contributed by atoms with Crippen LogP contribution in [0.3, 0.4) is 0 Å². The van der Waals surface area contributed by atoms with Crippen molar-refractivity contribution in [2.75, 3.05) is 25.4 Å². The van der Waals surface area contributed by atoms with Gasteiger partial charge in [-0.15, -0.1) is 0 Å². The Morgan fingerprint density at radius 3 is 2.18 bits per heavy atom. The molecular weight excluding hydrogens is 236 g/mol. The lowest BCUT2D eigenvalue weighted by molar-refractivity contribution is 0.112. The van der Waals surface area contributed by atoms with Crippen molar-refractivity contribution in [1.82, 2.24) is 4.90 Å². The van der Waals surface area contributed by atoms with Crippen LogP contribution in [0.4, 0.5) is 0 Å². The Morgan fingerprint density at radius 2 is 1.76 bits per heavy atom. The van der Waals surface area contributed by atoms with Gasteiger partial charge in [-0.2, -0.15) is 0 Å². The summed E-state index contributed by atoms with van der Waals surface area (Å²) in [6.07, 6.45) is 3.09. The molecule has 1 aliphatic heterocycles. The Labute approximate surface area is 106 Å². The maximum absolute atomic E-state index is 10.8. The Hall–Kier alpha value is -0.130. The molecule has 0 bridgehead atoms. The predicted molar refractivity (Wildman–Crippen MR) is 71.2 cm³/mol. The molecule has 17 heavy (non-hydrogen) atoms. The highest BCUT2D eigenvalue weighted by atomic mass is 32.2. The van der Waals surface area contributed by atoms with E-state index in [0.717, 1.165) is 25.6 Å². The first-order valence-corrected chi connectivity index (χ1v) is 8.13. The molecule has 1 rings (SSSR count). The Bertz CT molecular complexity index is 325. The average Bonchev–Trinajstić information content (AvgIpc) is 2.15. The summed E-state index contributed by atoms with van der Waals surface area (Å²) in [5.74, 6) is 0.892. The van der Waals surface area contributed by atoms with E-state index < -0.39 is 10.0 Å². The van der Waals surface area contributed by atoms with Gasteiger partial charge in [-0.25, -0.2) is 13.6 Å². The lowest BCUT2D eigenvalue weighted by Gasteiger charge is -2.38. The van der Waals surface area contributed by atoms with Crippen molar-refractivity contribution < 1.29 is 8.42 Å². The summed E-state index contributed by atoms with van der Waals surface area (Å²) >= 11 is 0. The first-order valence-electron chi connectivity index (χ1n) is 6.41. The van der Waals surface area contributed by atoms with E-state index in [0.29, 0.717) is 11.8 Å². The van der Waals surface area contributed by atoms with Gasteiger partial charge in [0, 0.05) is 0 Å². The molecule has 0 spiro atoms. The fourth-order valence-corrected chi connectivity index (χ4v) is 3.04. The van der Waals surface area contributed by atoms with Crippen molar-refractivity contribution >= 4 is 10.0 Å². The van der Waals surface area contributed by atoms with Gasteiger partial charge in [0.05, 0.1) is 5.75 Å². The third-order valence-electron chi connectivity index (χ3n) is 3.72. The van der Waals surface area contributed by atoms with Gasteiger partial charge in [-0.1, -0.05) is 20.8 Å². The van der Waals surface area contributed by atoms with Gasteiger partial charge in [-0.05, 0) is 50.2 Å². The minimum atomic E-state index is -3.29. The summed E-state index contributed by atoms with van der Waals surface area (Å²) in [6.45, 7) is 9.93. The van der Waals surface area contributed by atoms with E-state index in [1.54, 1.807) is 0 Å². The van der Waals surface area contributed by atoms with Crippen LogP contribution in [0.25, 0.3) is 0 Å². The van der Waals surface area contributed by atoms with Crippen molar-refractivity contribution in [2.45, 2.75) is 40.0 Å². The first kappa shape index (κ1) is 14.9. The summed E-state index contributed by atoms with van der Waals surface area (Å²) < 4.78 is 21.6. The smallest absolute Gasteiger partial charge is 0.209 e. The van der Waals surface area contributed by atoms with E-state index in [1.807, 2.05) is 0 Å². The maximum atomic E-state index is 10.8. The molecule has 0 saturated carbocycles. The van der Waals surface area contributed by atoms with E-state index in [4.69, 9.17) is 5.14 Å². The van der Waals surface area contributed by atoms with Crippen LogP contribution >= 0.6 is 0 Å². The number of sulfonamides is 1. The first-order chi connectivity index (χ1) is 7.68. The molecule has 1 saturated heterocycles. The minimum absolute atomic E-state index is 0.103. The molecule has 0 atom stereocenters. The van der Waals surface area contributed by atoms with Gasteiger partial charge in [0.25, 0.3) is 0 Å². The molecule has 0 aromatic carbocycles. The number of likely N-dealkylation sites (tertiary alicyclic amines) is 1. The topological polar surface area (TPSA) is 63.4 Å². The lowest BCUT2D eigenvalue weighted by atomic mass is 9.75. The van der Waals surface area contributed by atoms with Gasteiger partial charge < -0.3 is 4.90 Å². The summed E-state index contributed by atoms with van der Waals surface area (Å²) in [5, 5.41) is 4.98. The molecule has 4 nitrogen and oxygen atoms in total. The molecule has 0 aliphatic carbocycles. The van der Waals surface area contributed by atoms with E-state index in [2.05, 4.69) is 25.7 Å². The van der Waals surface area contributed by atoms with Crippen molar-refractivity contribution in [2.24, 2.45) is 16.5 Å². The number of rotatable bonds is 4. The number of hydrogen-bond donors (Lipinski definition) is 1. The number of primary sulfonamides is 1. The van der Waals surface area contributed by atoms with E-state index in [-0.39, 0.29) is 5.75 Å². The molecule has 1 heterocycles. The van der Waals surface area contributed by atoms with Crippen LogP contribution in [0.1, 0.15) is 40.0 Å². The molecule has 2 N–H and O–H groups in total. The highest BCUT2D eigenvalue weighted by Crippen LogP contribution is 2.34. The van der Waals surface area contributed by atoms with Crippen molar-refractivity contribution in [3.05, 3.63) is 0 Å². The zero-order chi connectivity index (χ0) is 13.1. The molecule has 1 fully saturated rings. The highest BCUT2D eigenvalue weighted by molar-refractivity contribution is 7.89. The van der Waals surface area contributed by atoms with Crippen LogP contribution in [0.2, 0.25) is 0 Å². The van der Waals surface area contributed by atoms with Crippen LogP contribution in [-0.2, 0) is 10.0 Å². The fourth-order valence-electron chi connectivity index (χ4n) is 2.51. The van der Waals surface area contributed by atoms with Crippen LogP contribution in [0, 0.1) is 11.3 Å². The van der Waals surface area contributed by atoms with Gasteiger partial charge in [-0.3, -0.25) is 0 Å². The van der Waals surface area contributed by atoms with E-state index in [1.165, 1.54) is 12.8 Å². The van der Waals surface area contributed by atoms with E-state index in [9.17, 15) is 8.42 Å². The molecule has 5 heteroatoms. The monoisotopic (exact) mass is 262 g/mol. The largest absolute Gasteiger partial charge is 0.303 e. The molecule has 0 radical (unpaired) electrons. The second-order valence-electron chi connectivity index (χ2n) is 6.20.